The van der Waals surface area contributed by atoms with Crippen molar-refractivity contribution in [1.82, 2.24) is 30.6 Å². The largest absolute Gasteiger partial charge is 0.472 e. The highest BCUT2D eigenvalue weighted by molar-refractivity contribution is 5.96. The molecule has 0 saturated carbocycles. The molecule has 0 fully saturated rings. The lowest BCUT2D eigenvalue weighted by Gasteiger charge is -2.27. The molecule has 4 heterocycles. The van der Waals surface area contributed by atoms with Crippen molar-refractivity contribution in [2.24, 2.45) is 5.41 Å². The molecule has 0 bridgehead atoms. The quantitative estimate of drug-likeness (QED) is 0.0348. The Bertz CT molecular complexity index is 2630. The first-order valence-electron chi connectivity index (χ1n) is 23.3. The SMILES string of the molecule is C.C=C(C)C(=O)OCCO.C=Cc1ccc(COc2ncccc2C(=O)NCc2cccnc2)cc1.CCC(CC(C)(C)C(=O)OCCO)c1ccc(COc2ncccc2C(=O)NCc2cccnc2)cc1. The Morgan fingerprint density at radius 2 is 1.14 bits per heavy atom. The Morgan fingerprint density at radius 3 is 1.56 bits per heavy atom. The summed E-state index contributed by atoms with van der Waals surface area (Å²) in [6.07, 6.45) is 13.3. The van der Waals surface area contributed by atoms with Gasteiger partial charge in [-0.3, -0.25) is 24.4 Å². The molecule has 1 atom stereocenters. The lowest BCUT2D eigenvalue weighted by Crippen LogP contribution is -2.29. The maximum Gasteiger partial charge on any atom is 0.333 e. The number of aliphatic hydroxyl groups excluding tert-OH is 2. The number of amides is 2. The van der Waals surface area contributed by atoms with Gasteiger partial charge in [-0.1, -0.05) is 94.2 Å². The third kappa shape index (κ3) is 20.7. The summed E-state index contributed by atoms with van der Waals surface area (Å²) in [4.78, 5) is 64.6. The van der Waals surface area contributed by atoms with E-state index >= 15 is 0 Å². The fourth-order valence-electron chi connectivity index (χ4n) is 6.65. The van der Waals surface area contributed by atoms with E-state index in [1.165, 1.54) is 0 Å². The van der Waals surface area contributed by atoms with Crippen LogP contribution in [0.2, 0.25) is 0 Å². The summed E-state index contributed by atoms with van der Waals surface area (Å²) in [6, 6.07) is 30.2. The predicted molar refractivity (Wildman–Crippen MR) is 280 cm³/mol. The second-order valence-corrected chi connectivity index (χ2v) is 16.8. The van der Waals surface area contributed by atoms with Crippen LogP contribution >= 0.6 is 0 Å². The molecule has 0 spiro atoms. The van der Waals surface area contributed by atoms with Gasteiger partial charge in [0.1, 0.15) is 37.6 Å². The zero-order chi connectivity index (χ0) is 52.1. The molecule has 2 aromatic carbocycles. The van der Waals surface area contributed by atoms with Crippen LogP contribution in [0.25, 0.3) is 6.08 Å². The van der Waals surface area contributed by atoms with Gasteiger partial charge in [-0.2, -0.15) is 0 Å². The molecule has 16 heteroatoms. The van der Waals surface area contributed by atoms with Crippen molar-refractivity contribution < 1.29 is 48.3 Å². The number of carbonyl (C=O) groups is 4. The molecule has 2 amide bonds. The number of aromatic nitrogens is 4. The average Bonchev–Trinajstić information content (AvgIpc) is 3.42. The predicted octanol–water partition coefficient (Wildman–Crippen LogP) is 8.79. The van der Waals surface area contributed by atoms with Gasteiger partial charge in [0.15, 0.2) is 0 Å². The van der Waals surface area contributed by atoms with Crippen LogP contribution in [0.4, 0.5) is 0 Å². The molecule has 386 valence electrons. The van der Waals surface area contributed by atoms with E-state index in [4.69, 9.17) is 24.4 Å². The van der Waals surface area contributed by atoms with Crippen molar-refractivity contribution in [2.75, 3.05) is 26.4 Å². The third-order valence-electron chi connectivity index (χ3n) is 10.6. The number of nitrogens with one attached hydrogen (secondary N) is 2. The lowest BCUT2D eigenvalue weighted by atomic mass is 9.78. The van der Waals surface area contributed by atoms with E-state index in [1.807, 2.05) is 86.6 Å². The van der Waals surface area contributed by atoms with Crippen molar-refractivity contribution in [2.45, 2.75) is 80.2 Å². The summed E-state index contributed by atoms with van der Waals surface area (Å²) in [6.45, 7) is 15.6. The second-order valence-electron chi connectivity index (χ2n) is 16.8. The monoisotopic (exact) mass is 996 g/mol. The van der Waals surface area contributed by atoms with E-state index < -0.39 is 11.4 Å². The maximum absolute atomic E-state index is 12.7. The van der Waals surface area contributed by atoms with E-state index in [0.29, 0.717) is 48.7 Å². The van der Waals surface area contributed by atoms with E-state index in [0.717, 1.165) is 39.8 Å². The fourth-order valence-corrected chi connectivity index (χ4v) is 6.65. The van der Waals surface area contributed by atoms with Crippen LogP contribution in [0, 0.1) is 5.41 Å². The van der Waals surface area contributed by atoms with E-state index in [1.54, 1.807) is 74.4 Å². The van der Waals surface area contributed by atoms with Gasteiger partial charge in [0.2, 0.25) is 11.8 Å². The molecule has 0 radical (unpaired) electrons. The standard InChI is InChI=1S/C29H35N3O5.C21H19N3O2.C6H10O3.CH4/c1-4-23(17-29(2,3)28(35)36-16-15-33)24-11-9-21(10-12-24)20-37-27-25(8-6-14-31-27)26(34)32-19-22-7-5-13-30-18-22;1-2-16-7-9-17(10-8-16)15-26-21-19(6-4-12-23-21)20(25)24-14-18-5-3-11-22-13-18;1-5(2)6(8)9-4-3-7;/h5-14,18,23,33H,4,15-17,19-20H2,1-3H3,(H,32,34);2-13H,1,14-15H2,(H,24,25);7H,1,3-4H2,2H3;1H4. The topological polar surface area (TPSA) is 221 Å². The summed E-state index contributed by atoms with van der Waals surface area (Å²) < 4.78 is 21.3. The Morgan fingerprint density at radius 1 is 0.671 bits per heavy atom. The number of hydrogen-bond donors (Lipinski definition) is 4. The molecule has 73 heavy (non-hydrogen) atoms. The molecule has 0 aliphatic heterocycles. The van der Waals surface area contributed by atoms with Gasteiger partial charge in [0.25, 0.3) is 11.8 Å². The van der Waals surface area contributed by atoms with Gasteiger partial charge in [0.05, 0.1) is 18.6 Å². The van der Waals surface area contributed by atoms with Crippen molar-refractivity contribution in [3.05, 3.63) is 197 Å². The van der Waals surface area contributed by atoms with Gasteiger partial charge < -0.3 is 39.8 Å². The number of esters is 2. The van der Waals surface area contributed by atoms with Crippen LogP contribution in [-0.4, -0.2) is 80.3 Å². The Labute approximate surface area is 428 Å². The Balaban J connectivity index is 0.000000338. The molecule has 1 unspecified atom stereocenters. The second kappa shape index (κ2) is 32.0. The number of rotatable bonds is 23. The molecule has 0 aliphatic carbocycles. The minimum Gasteiger partial charge on any atom is -0.472 e. The summed E-state index contributed by atoms with van der Waals surface area (Å²) in [7, 11) is 0. The smallest absolute Gasteiger partial charge is 0.333 e. The Kier molecular flexibility index (Phi) is 26.0. The summed E-state index contributed by atoms with van der Waals surface area (Å²) in [5, 5.41) is 22.8. The molecule has 0 saturated heterocycles. The van der Waals surface area contributed by atoms with Crippen LogP contribution in [0.1, 0.15) is 108 Å². The number of carbonyl (C=O) groups excluding carboxylic acids is 4. The van der Waals surface area contributed by atoms with Gasteiger partial charge >= 0.3 is 11.9 Å². The van der Waals surface area contributed by atoms with Gasteiger partial charge in [-0.05, 0) is 109 Å². The van der Waals surface area contributed by atoms with Crippen molar-refractivity contribution in [1.29, 1.82) is 0 Å². The number of nitrogens with zero attached hydrogens (tertiary/aromatic N) is 4. The first-order chi connectivity index (χ1) is 34.8. The minimum atomic E-state index is -0.662. The molecule has 0 aliphatic rings. The summed E-state index contributed by atoms with van der Waals surface area (Å²) >= 11 is 0. The van der Waals surface area contributed by atoms with Gasteiger partial charge in [-0.15, -0.1) is 0 Å². The molecule has 4 aromatic heterocycles. The van der Waals surface area contributed by atoms with Gasteiger partial charge in [-0.25, -0.2) is 14.8 Å². The zero-order valence-electron chi connectivity index (χ0n) is 41.3. The first kappa shape index (κ1) is 59.2. The van der Waals surface area contributed by atoms with Crippen LogP contribution in [0.15, 0.2) is 153 Å². The van der Waals surface area contributed by atoms with Crippen LogP contribution in [-0.2, 0) is 45.4 Å². The van der Waals surface area contributed by atoms with Crippen LogP contribution < -0.4 is 20.1 Å². The molecular formula is C57H68N6O10. The Hall–Kier alpha value is -8.08. The number of pyridine rings is 4. The van der Waals surface area contributed by atoms with E-state index in [2.05, 4.69) is 55.4 Å². The van der Waals surface area contributed by atoms with Gasteiger partial charge in [0, 0.05) is 55.8 Å². The molecule has 6 aromatic rings. The summed E-state index contributed by atoms with van der Waals surface area (Å²) in [5.41, 5.74) is 6.38. The first-order valence-corrected chi connectivity index (χ1v) is 23.3. The normalized spacial score (nSPS) is 10.8. The zero-order valence-corrected chi connectivity index (χ0v) is 41.3. The van der Waals surface area contributed by atoms with E-state index in [-0.39, 0.29) is 70.0 Å². The van der Waals surface area contributed by atoms with Crippen LogP contribution in [0.5, 0.6) is 11.8 Å². The number of aliphatic hydroxyl groups is 2. The highest BCUT2D eigenvalue weighted by Crippen LogP contribution is 2.35. The molecular weight excluding hydrogens is 929 g/mol. The maximum atomic E-state index is 12.7. The highest BCUT2D eigenvalue weighted by Gasteiger charge is 2.32. The molecule has 6 rings (SSSR count). The van der Waals surface area contributed by atoms with Crippen molar-refractivity contribution in [3.8, 4) is 11.8 Å². The number of ether oxygens (including phenoxy) is 4. The fraction of sp³-hybridized carbons (Fsp3) is 0.298. The number of hydrogen-bond acceptors (Lipinski definition) is 14. The average molecular weight is 997 g/mol. The van der Waals surface area contributed by atoms with Crippen molar-refractivity contribution in [3.63, 3.8) is 0 Å². The molecule has 4 N–H and O–H groups in total. The summed E-state index contributed by atoms with van der Waals surface area (Å²) in [5.74, 6) is -0.511. The number of benzene rings is 2. The lowest BCUT2D eigenvalue weighted by molar-refractivity contribution is -0.155. The minimum absolute atomic E-state index is 0. The van der Waals surface area contributed by atoms with Crippen molar-refractivity contribution >= 4 is 29.8 Å². The van der Waals surface area contributed by atoms with E-state index in [9.17, 15) is 19.2 Å². The molecule has 16 nitrogen and oxygen atoms in total. The van der Waals surface area contributed by atoms with Crippen LogP contribution in [0.3, 0.4) is 0 Å². The third-order valence-corrected chi connectivity index (χ3v) is 10.6. The highest BCUT2D eigenvalue weighted by atomic mass is 16.5.